The summed E-state index contributed by atoms with van der Waals surface area (Å²) in [7, 11) is 0. The van der Waals surface area contributed by atoms with E-state index in [9.17, 15) is 9.59 Å². The summed E-state index contributed by atoms with van der Waals surface area (Å²) < 4.78 is 0. The first-order valence-corrected chi connectivity index (χ1v) is 7.34. The highest BCUT2D eigenvalue weighted by atomic mass is 35.5. The van der Waals surface area contributed by atoms with Crippen molar-refractivity contribution in [3.63, 3.8) is 0 Å². The van der Waals surface area contributed by atoms with Crippen molar-refractivity contribution >= 4 is 35.1 Å². The largest absolute Gasteiger partial charge is 0.481 e. The highest BCUT2D eigenvalue weighted by Crippen LogP contribution is 2.23. The van der Waals surface area contributed by atoms with Crippen molar-refractivity contribution in [2.45, 2.75) is 27.2 Å². The first-order chi connectivity index (χ1) is 9.63. The molecule has 2 N–H and O–H groups in total. The molecule has 4 nitrogen and oxygen atoms in total. The monoisotopic (exact) mass is 331 g/mol. The van der Waals surface area contributed by atoms with Crippen LogP contribution in [0.2, 0.25) is 10.0 Å². The molecule has 0 radical (unpaired) electrons. The first kappa shape index (κ1) is 17.8. The molecule has 0 aliphatic carbocycles. The van der Waals surface area contributed by atoms with Gasteiger partial charge in [0.1, 0.15) is 0 Å². The van der Waals surface area contributed by atoms with Gasteiger partial charge in [0.15, 0.2) is 0 Å². The van der Waals surface area contributed by atoms with Gasteiger partial charge in [0, 0.05) is 22.5 Å². The number of amides is 1. The third-order valence-electron chi connectivity index (χ3n) is 3.27. The molecule has 1 unspecified atom stereocenters. The van der Waals surface area contributed by atoms with Gasteiger partial charge in [-0.05, 0) is 38.0 Å². The molecule has 1 atom stereocenters. The van der Waals surface area contributed by atoms with Gasteiger partial charge in [-0.3, -0.25) is 9.59 Å². The van der Waals surface area contributed by atoms with Gasteiger partial charge in [-0.25, -0.2) is 0 Å². The maximum absolute atomic E-state index is 12.0. The van der Waals surface area contributed by atoms with Crippen molar-refractivity contribution < 1.29 is 14.7 Å². The van der Waals surface area contributed by atoms with Crippen LogP contribution in [0.3, 0.4) is 0 Å². The Balaban J connectivity index is 2.61. The molecule has 0 saturated heterocycles. The maximum atomic E-state index is 12.0. The second-order valence-electron chi connectivity index (χ2n) is 5.75. The molecule has 1 aromatic rings. The quantitative estimate of drug-likeness (QED) is 0.839. The highest BCUT2D eigenvalue weighted by Gasteiger charge is 2.28. The number of hydrogen-bond donors (Lipinski definition) is 2. The molecule has 0 aliphatic rings. The molecule has 116 valence electrons. The number of rotatable bonds is 6. The average molecular weight is 332 g/mol. The molecule has 6 heteroatoms. The zero-order valence-corrected chi connectivity index (χ0v) is 13.8. The lowest BCUT2D eigenvalue weighted by Gasteiger charge is -2.21. The SMILES string of the molecule is CC(Cc1ccc(Cl)cc1Cl)C(=O)NCC(C)(C)C(=O)O. The van der Waals surface area contributed by atoms with Crippen LogP contribution in [-0.2, 0) is 16.0 Å². The van der Waals surface area contributed by atoms with Crippen molar-refractivity contribution in [2.75, 3.05) is 6.54 Å². The number of carboxylic acids is 1. The first-order valence-electron chi connectivity index (χ1n) is 6.58. The molecular weight excluding hydrogens is 313 g/mol. The van der Waals surface area contributed by atoms with Crippen molar-refractivity contribution in [3.05, 3.63) is 33.8 Å². The second kappa shape index (κ2) is 7.14. The van der Waals surface area contributed by atoms with Gasteiger partial charge < -0.3 is 10.4 Å². The van der Waals surface area contributed by atoms with E-state index in [1.165, 1.54) is 0 Å². The molecule has 0 heterocycles. The molecule has 0 bridgehead atoms. The van der Waals surface area contributed by atoms with Gasteiger partial charge >= 0.3 is 5.97 Å². The van der Waals surface area contributed by atoms with Gasteiger partial charge in [-0.1, -0.05) is 36.2 Å². The molecule has 1 aromatic carbocycles. The van der Waals surface area contributed by atoms with Gasteiger partial charge in [-0.2, -0.15) is 0 Å². The number of carboxylic acid groups (broad SMARTS) is 1. The van der Waals surface area contributed by atoms with E-state index in [0.29, 0.717) is 16.5 Å². The normalized spacial score (nSPS) is 12.8. The van der Waals surface area contributed by atoms with Crippen LogP contribution < -0.4 is 5.32 Å². The van der Waals surface area contributed by atoms with Crippen molar-refractivity contribution in [1.82, 2.24) is 5.32 Å². The lowest BCUT2D eigenvalue weighted by molar-refractivity contribution is -0.146. The van der Waals surface area contributed by atoms with E-state index in [0.717, 1.165) is 5.56 Å². The van der Waals surface area contributed by atoms with E-state index in [2.05, 4.69) is 5.32 Å². The van der Waals surface area contributed by atoms with Crippen LogP contribution in [0.15, 0.2) is 18.2 Å². The van der Waals surface area contributed by atoms with Crippen LogP contribution in [0.25, 0.3) is 0 Å². The van der Waals surface area contributed by atoms with Gasteiger partial charge in [0.25, 0.3) is 0 Å². The smallest absolute Gasteiger partial charge is 0.310 e. The van der Waals surface area contributed by atoms with E-state index < -0.39 is 11.4 Å². The fourth-order valence-corrected chi connectivity index (χ4v) is 2.15. The summed E-state index contributed by atoms with van der Waals surface area (Å²) >= 11 is 11.9. The van der Waals surface area contributed by atoms with Crippen LogP contribution in [0.5, 0.6) is 0 Å². The van der Waals surface area contributed by atoms with Crippen LogP contribution in [-0.4, -0.2) is 23.5 Å². The molecule has 1 amide bonds. The summed E-state index contributed by atoms with van der Waals surface area (Å²) in [5.41, 5.74) is -0.158. The molecule has 21 heavy (non-hydrogen) atoms. The third kappa shape index (κ3) is 5.21. The standard InChI is InChI=1S/C15H19Cl2NO3/c1-9(6-10-4-5-11(16)7-12(10)17)13(19)18-8-15(2,3)14(20)21/h4-5,7,9H,6,8H2,1-3H3,(H,18,19)(H,20,21). The number of benzene rings is 1. The minimum absolute atomic E-state index is 0.0832. The minimum Gasteiger partial charge on any atom is -0.481 e. The summed E-state index contributed by atoms with van der Waals surface area (Å²) in [6, 6.07) is 5.15. The van der Waals surface area contributed by atoms with Crippen LogP contribution in [0, 0.1) is 11.3 Å². The van der Waals surface area contributed by atoms with E-state index in [1.807, 2.05) is 0 Å². The van der Waals surface area contributed by atoms with E-state index in [4.69, 9.17) is 28.3 Å². The fraction of sp³-hybridized carbons (Fsp3) is 0.467. The summed E-state index contributed by atoms with van der Waals surface area (Å²) in [5.74, 6) is -1.46. The van der Waals surface area contributed by atoms with E-state index in [1.54, 1.807) is 39.0 Å². The molecule has 0 saturated carbocycles. The molecule has 0 aromatic heterocycles. The summed E-state index contributed by atoms with van der Waals surface area (Å²) in [6.07, 6.45) is 0.468. The number of carbonyl (C=O) groups excluding carboxylic acids is 1. The molecule has 1 rings (SSSR count). The molecule has 0 aliphatic heterocycles. The molecular formula is C15H19Cl2NO3. The Kier molecular flexibility index (Phi) is 6.05. The average Bonchev–Trinajstić information content (AvgIpc) is 2.39. The second-order valence-corrected chi connectivity index (χ2v) is 6.59. The van der Waals surface area contributed by atoms with Gasteiger partial charge in [0.05, 0.1) is 5.41 Å². The Morgan fingerprint density at radius 3 is 2.48 bits per heavy atom. The maximum Gasteiger partial charge on any atom is 0.310 e. The number of carbonyl (C=O) groups is 2. The van der Waals surface area contributed by atoms with Crippen LogP contribution >= 0.6 is 23.2 Å². The zero-order valence-electron chi connectivity index (χ0n) is 12.2. The summed E-state index contributed by atoms with van der Waals surface area (Å²) in [5, 5.41) is 12.7. The van der Waals surface area contributed by atoms with Crippen molar-refractivity contribution in [2.24, 2.45) is 11.3 Å². The van der Waals surface area contributed by atoms with Gasteiger partial charge in [-0.15, -0.1) is 0 Å². The Bertz CT molecular complexity index is 544. The zero-order chi connectivity index (χ0) is 16.2. The van der Waals surface area contributed by atoms with Crippen molar-refractivity contribution in [3.8, 4) is 0 Å². The number of hydrogen-bond acceptors (Lipinski definition) is 2. The van der Waals surface area contributed by atoms with Crippen LogP contribution in [0.1, 0.15) is 26.3 Å². The Hall–Kier alpha value is -1.26. The topological polar surface area (TPSA) is 66.4 Å². The minimum atomic E-state index is -0.993. The number of nitrogens with one attached hydrogen (secondary N) is 1. The Morgan fingerprint density at radius 2 is 1.95 bits per heavy atom. The fourth-order valence-electron chi connectivity index (χ4n) is 1.67. The van der Waals surface area contributed by atoms with Gasteiger partial charge in [0.2, 0.25) is 5.91 Å². The molecule has 0 fully saturated rings. The number of aliphatic carboxylic acids is 1. The Labute approximate surface area is 134 Å². The van der Waals surface area contributed by atoms with Crippen molar-refractivity contribution in [1.29, 1.82) is 0 Å². The third-order valence-corrected chi connectivity index (χ3v) is 3.86. The predicted octanol–water partition coefficient (Wildman–Crippen LogP) is 3.40. The predicted molar refractivity (Wildman–Crippen MR) is 83.8 cm³/mol. The summed E-state index contributed by atoms with van der Waals surface area (Å²) in [6.45, 7) is 4.99. The Morgan fingerprint density at radius 1 is 1.33 bits per heavy atom. The van der Waals surface area contributed by atoms with E-state index >= 15 is 0 Å². The van der Waals surface area contributed by atoms with E-state index in [-0.39, 0.29) is 18.4 Å². The van der Waals surface area contributed by atoms with Crippen LogP contribution in [0.4, 0.5) is 0 Å². The lowest BCUT2D eigenvalue weighted by atomic mass is 9.93. The molecule has 0 spiro atoms. The number of halogens is 2. The highest BCUT2D eigenvalue weighted by molar-refractivity contribution is 6.35. The lowest BCUT2D eigenvalue weighted by Crippen LogP contribution is -2.41. The summed E-state index contributed by atoms with van der Waals surface area (Å²) in [4.78, 5) is 23.0.